The summed E-state index contributed by atoms with van der Waals surface area (Å²) in [5.74, 6) is 0. The van der Waals surface area contributed by atoms with E-state index in [4.69, 9.17) is 33.7 Å². The van der Waals surface area contributed by atoms with E-state index < -0.39 is 11.7 Å². The number of pyridine rings is 1. The molecule has 1 rings (SSSR count). The van der Waals surface area contributed by atoms with Crippen LogP contribution in [-0.4, -0.2) is 29.3 Å². The molecule has 0 fully saturated rings. The standard InChI is InChI=1S/C13H19Cl2N3O2/c1-13(2,3)20-12(19)18-10(7-16)6-9-4-8(14)5-11(15)17-9/h4-5,10H,6-7,16H2,1-3H3,(H,18,19). The molecule has 20 heavy (non-hydrogen) atoms. The Labute approximate surface area is 128 Å². The van der Waals surface area contributed by atoms with Crippen LogP contribution in [0.15, 0.2) is 12.1 Å². The number of halogens is 2. The van der Waals surface area contributed by atoms with E-state index in [0.717, 1.165) is 0 Å². The first-order valence-electron chi connectivity index (χ1n) is 6.21. The maximum atomic E-state index is 11.7. The van der Waals surface area contributed by atoms with E-state index in [1.807, 2.05) is 0 Å². The highest BCUT2D eigenvalue weighted by Gasteiger charge is 2.19. The topological polar surface area (TPSA) is 77.2 Å². The third kappa shape index (κ3) is 6.41. The maximum absolute atomic E-state index is 11.7. The van der Waals surface area contributed by atoms with Gasteiger partial charge >= 0.3 is 6.09 Å². The average molecular weight is 320 g/mol. The van der Waals surface area contributed by atoms with Crippen molar-refractivity contribution in [2.24, 2.45) is 5.73 Å². The summed E-state index contributed by atoms with van der Waals surface area (Å²) in [6.07, 6.45) is -0.0863. The molecule has 5 nitrogen and oxygen atoms in total. The fraction of sp³-hybridized carbons (Fsp3) is 0.538. The zero-order valence-electron chi connectivity index (χ0n) is 11.7. The highest BCUT2D eigenvalue weighted by molar-refractivity contribution is 6.33. The van der Waals surface area contributed by atoms with Gasteiger partial charge in [0.25, 0.3) is 0 Å². The molecule has 3 N–H and O–H groups in total. The zero-order valence-corrected chi connectivity index (χ0v) is 13.3. The van der Waals surface area contributed by atoms with E-state index >= 15 is 0 Å². The van der Waals surface area contributed by atoms with Gasteiger partial charge in [-0.3, -0.25) is 0 Å². The Morgan fingerprint density at radius 3 is 2.60 bits per heavy atom. The van der Waals surface area contributed by atoms with Gasteiger partial charge in [-0.25, -0.2) is 9.78 Å². The van der Waals surface area contributed by atoms with Crippen LogP contribution in [-0.2, 0) is 11.2 Å². The summed E-state index contributed by atoms with van der Waals surface area (Å²) in [4.78, 5) is 15.8. The Morgan fingerprint density at radius 2 is 2.10 bits per heavy atom. The molecule has 0 aliphatic rings. The first kappa shape index (κ1) is 17.0. The van der Waals surface area contributed by atoms with Crippen molar-refractivity contribution in [1.82, 2.24) is 10.3 Å². The second-order valence-corrected chi connectivity index (χ2v) is 6.21. The largest absolute Gasteiger partial charge is 0.444 e. The van der Waals surface area contributed by atoms with Crippen molar-refractivity contribution in [3.05, 3.63) is 28.0 Å². The summed E-state index contributed by atoms with van der Waals surface area (Å²) >= 11 is 11.7. The van der Waals surface area contributed by atoms with Gasteiger partial charge < -0.3 is 15.8 Å². The second-order valence-electron chi connectivity index (χ2n) is 5.38. The van der Waals surface area contributed by atoms with Crippen molar-refractivity contribution < 1.29 is 9.53 Å². The second kappa shape index (κ2) is 7.11. The van der Waals surface area contributed by atoms with Gasteiger partial charge in [0.1, 0.15) is 10.8 Å². The van der Waals surface area contributed by atoms with E-state index in [-0.39, 0.29) is 12.6 Å². The molecule has 0 saturated heterocycles. The van der Waals surface area contributed by atoms with Gasteiger partial charge in [0, 0.05) is 29.7 Å². The molecule has 1 amide bonds. The highest BCUT2D eigenvalue weighted by Crippen LogP contribution is 2.16. The van der Waals surface area contributed by atoms with Gasteiger partial charge in [-0.2, -0.15) is 0 Å². The lowest BCUT2D eigenvalue weighted by Crippen LogP contribution is -2.44. The molecule has 112 valence electrons. The molecule has 0 saturated carbocycles. The molecule has 0 radical (unpaired) electrons. The molecule has 0 aromatic carbocycles. The van der Waals surface area contributed by atoms with Crippen LogP contribution in [0, 0.1) is 0 Å². The van der Waals surface area contributed by atoms with Gasteiger partial charge in [-0.05, 0) is 32.9 Å². The predicted octanol–water partition coefficient (Wildman–Crippen LogP) is 2.78. The van der Waals surface area contributed by atoms with Crippen LogP contribution in [0.3, 0.4) is 0 Å². The van der Waals surface area contributed by atoms with E-state index in [2.05, 4.69) is 10.3 Å². The lowest BCUT2D eigenvalue weighted by molar-refractivity contribution is 0.0506. The van der Waals surface area contributed by atoms with Crippen molar-refractivity contribution in [3.8, 4) is 0 Å². The number of hydrogen-bond acceptors (Lipinski definition) is 4. The maximum Gasteiger partial charge on any atom is 0.407 e. The van der Waals surface area contributed by atoms with Crippen molar-refractivity contribution in [2.75, 3.05) is 6.54 Å². The Kier molecular flexibility index (Phi) is 6.05. The minimum Gasteiger partial charge on any atom is -0.444 e. The van der Waals surface area contributed by atoms with Gasteiger partial charge in [0.15, 0.2) is 0 Å². The van der Waals surface area contributed by atoms with Crippen LogP contribution in [0.25, 0.3) is 0 Å². The molecule has 1 aromatic heterocycles. The van der Waals surface area contributed by atoms with Gasteiger partial charge in [-0.1, -0.05) is 23.2 Å². The van der Waals surface area contributed by atoms with Crippen LogP contribution in [0.4, 0.5) is 4.79 Å². The quantitative estimate of drug-likeness (QED) is 0.836. The number of hydrogen-bond donors (Lipinski definition) is 2. The summed E-state index contributed by atoms with van der Waals surface area (Å²) in [5, 5.41) is 3.50. The van der Waals surface area contributed by atoms with E-state index in [1.54, 1.807) is 32.9 Å². The Balaban J connectivity index is 2.65. The summed E-state index contributed by atoms with van der Waals surface area (Å²) in [6, 6.07) is 2.94. The first-order chi connectivity index (χ1) is 9.19. The molecular formula is C13H19Cl2N3O2. The van der Waals surface area contributed by atoms with Gasteiger partial charge in [0.2, 0.25) is 0 Å². The number of aromatic nitrogens is 1. The monoisotopic (exact) mass is 319 g/mol. The molecule has 0 spiro atoms. The molecule has 0 aliphatic heterocycles. The Hall–Kier alpha value is -1.04. The van der Waals surface area contributed by atoms with Crippen LogP contribution in [0.1, 0.15) is 26.5 Å². The molecule has 7 heteroatoms. The van der Waals surface area contributed by atoms with Crippen molar-refractivity contribution in [2.45, 2.75) is 38.8 Å². The van der Waals surface area contributed by atoms with Gasteiger partial charge in [-0.15, -0.1) is 0 Å². The van der Waals surface area contributed by atoms with Crippen molar-refractivity contribution in [3.63, 3.8) is 0 Å². The minimum absolute atomic E-state index is 0.255. The molecule has 1 aromatic rings. The number of amides is 1. The molecule has 0 bridgehead atoms. The number of carbonyl (C=O) groups is 1. The molecule has 1 heterocycles. The van der Waals surface area contributed by atoms with Crippen molar-refractivity contribution >= 4 is 29.3 Å². The van der Waals surface area contributed by atoms with E-state index in [9.17, 15) is 4.79 Å². The summed E-state index contributed by atoms with van der Waals surface area (Å²) in [7, 11) is 0. The fourth-order valence-corrected chi connectivity index (χ4v) is 2.05. The fourth-order valence-electron chi connectivity index (χ4n) is 1.54. The van der Waals surface area contributed by atoms with Crippen LogP contribution < -0.4 is 11.1 Å². The van der Waals surface area contributed by atoms with Gasteiger partial charge in [0.05, 0.1) is 0 Å². The number of rotatable bonds is 4. The highest BCUT2D eigenvalue weighted by atomic mass is 35.5. The van der Waals surface area contributed by atoms with Crippen LogP contribution in [0.2, 0.25) is 10.2 Å². The number of nitrogens with two attached hydrogens (primary N) is 1. The van der Waals surface area contributed by atoms with E-state index in [0.29, 0.717) is 22.3 Å². The predicted molar refractivity (Wildman–Crippen MR) is 80.2 cm³/mol. The summed E-state index contributed by atoms with van der Waals surface area (Å²) in [6.45, 7) is 5.64. The van der Waals surface area contributed by atoms with E-state index in [1.165, 1.54) is 0 Å². The number of carbonyl (C=O) groups excluding carboxylic acids is 1. The lowest BCUT2D eigenvalue weighted by atomic mass is 10.1. The smallest absolute Gasteiger partial charge is 0.407 e. The number of nitrogens with zero attached hydrogens (tertiary/aromatic N) is 1. The lowest BCUT2D eigenvalue weighted by Gasteiger charge is -2.23. The normalized spacial score (nSPS) is 12.9. The zero-order chi connectivity index (χ0) is 15.3. The molecular weight excluding hydrogens is 301 g/mol. The third-order valence-corrected chi connectivity index (χ3v) is 2.68. The summed E-state index contributed by atoms with van der Waals surface area (Å²) < 4.78 is 5.18. The van der Waals surface area contributed by atoms with Crippen molar-refractivity contribution in [1.29, 1.82) is 0 Å². The molecule has 1 unspecified atom stereocenters. The Morgan fingerprint density at radius 1 is 1.45 bits per heavy atom. The van der Waals surface area contributed by atoms with Crippen LogP contribution >= 0.6 is 23.2 Å². The number of ether oxygens (including phenoxy) is 1. The van der Waals surface area contributed by atoms with Crippen LogP contribution in [0.5, 0.6) is 0 Å². The molecule has 1 atom stereocenters. The average Bonchev–Trinajstić information content (AvgIpc) is 2.23. The SMILES string of the molecule is CC(C)(C)OC(=O)NC(CN)Cc1cc(Cl)cc(Cl)n1. The number of nitrogens with one attached hydrogen (secondary N) is 1. The Bertz CT molecular complexity index is 455. The number of alkyl carbamates (subject to hydrolysis) is 1. The third-order valence-electron chi connectivity index (χ3n) is 2.27. The summed E-state index contributed by atoms with van der Waals surface area (Å²) in [5.41, 5.74) is 5.75. The first-order valence-corrected chi connectivity index (χ1v) is 6.97. The molecule has 0 aliphatic carbocycles. The minimum atomic E-state index is -0.555.